The van der Waals surface area contributed by atoms with Gasteiger partial charge in [0.25, 0.3) is 0 Å². The van der Waals surface area contributed by atoms with E-state index < -0.39 is 0 Å². The van der Waals surface area contributed by atoms with Crippen LogP contribution in [0.2, 0.25) is 0 Å². The molecule has 0 aromatic rings. The van der Waals surface area contributed by atoms with Crippen LogP contribution in [0.5, 0.6) is 0 Å². The van der Waals surface area contributed by atoms with Gasteiger partial charge in [0.15, 0.2) is 0 Å². The predicted octanol–water partition coefficient (Wildman–Crippen LogP) is 10.6. The van der Waals surface area contributed by atoms with Crippen LogP contribution in [0, 0.1) is 13.8 Å². The van der Waals surface area contributed by atoms with Crippen LogP contribution >= 0.6 is 0 Å². The third-order valence-electron chi connectivity index (χ3n) is 5.91. The van der Waals surface area contributed by atoms with Crippen molar-refractivity contribution in [2.75, 3.05) is 0 Å². The van der Waals surface area contributed by atoms with Crippen LogP contribution in [0.15, 0.2) is 12.2 Å². The summed E-state index contributed by atoms with van der Waals surface area (Å²) < 4.78 is 0. The van der Waals surface area contributed by atoms with Crippen molar-refractivity contribution in [1.82, 2.24) is 0 Å². The summed E-state index contributed by atoms with van der Waals surface area (Å²) >= 11 is 0. The van der Waals surface area contributed by atoms with Gasteiger partial charge >= 0.3 is 0 Å². The second-order valence-electron chi connectivity index (χ2n) is 8.83. The van der Waals surface area contributed by atoms with Crippen LogP contribution in [0.4, 0.5) is 0 Å². The molecular weight excluding hydrogens is 336 g/mol. The number of hydrogen-bond acceptors (Lipinski definition) is 0. The van der Waals surface area contributed by atoms with E-state index in [1.165, 1.54) is 141 Å². The first-order valence-electron chi connectivity index (χ1n) is 13.1. The summed E-state index contributed by atoms with van der Waals surface area (Å²) in [6.07, 6.45) is 38.2. The lowest BCUT2D eigenvalue weighted by atomic mass is 10.0. The lowest BCUT2D eigenvalue weighted by Crippen LogP contribution is -1.83. The molecule has 0 heterocycles. The van der Waals surface area contributed by atoms with E-state index in [9.17, 15) is 0 Å². The Morgan fingerprint density at radius 3 is 0.750 bits per heavy atom. The molecule has 0 unspecified atom stereocenters. The summed E-state index contributed by atoms with van der Waals surface area (Å²) in [5.74, 6) is 0. The monoisotopic (exact) mass is 390 g/mol. The van der Waals surface area contributed by atoms with Crippen LogP contribution < -0.4 is 0 Å². The zero-order chi connectivity index (χ0) is 20.4. The SMILES string of the molecule is [CH2]CCCCCCCCCC=CCCCCCCCCCCCCCCC[CH2]. The molecule has 0 aromatic heterocycles. The summed E-state index contributed by atoms with van der Waals surface area (Å²) in [4.78, 5) is 0. The maximum atomic E-state index is 3.91. The standard InChI is InChI=1S/C28H54/c1-3-5-7-9-11-13-15-17-19-21-23-25-27-28-26-24-22-20-18-16-14-12-10-8-6-4-2/h21,23H,1-20,22,24-28H2. The van der Waals surface area contributed by atoms with Gasteiger partial charge in [0, 0.05) is 0 Å². The van der Waals surface area contributed by atoms with Gasteiger partial charge in [-0.05, 0) is 25.7 Å². The minimum absolute atomic E-state index is 1.11. The van der Waals surface area contributed by atoms with E-state index in [0.717, 1.165) is 12.8 Å². The third kappa shape index (κ3) is 25.7. The summed E-state index contributed by atoms with van der Waals surface area (Å²) in [6.45, 7) is 7.81. The van der Waals surface area contributed by atoms with Gasteiger partial charge in [0.1, 0.15) is 0 Å². The lowest BCUT2D eigenvalue weighted by molar-refractivity contribution is 0.537. The summed E-state index contributed by atoms with van der Waals surface area (Å²) in [6, 6.07) is 0. The smallest absolute Gasteiger partial charge is 0.0351 e. The summed E-state index contributed by atoms with van der Waals surface area (Å²) in [5.41, 5.74) is 0. The lowest BCUT2D eigenvalue weighted by Gasteiger charge is -2.03. The molecule has 0 aliphatic heterocycles. The normalized spacial score (nSPS) is 11.6. The molecule has 0 fully saturated rings. The first kappa shape index (κ1) is 27.7. The van der Waals surface area contributed by atoms with Crippen molar-refractivity contribution in [3.05, 3.63) is 26.0 Å². The molecule has 0 aromatic carbocycles. The van der Waals surface area contributed by atoms with Gasteiger partial charge in [-0.1, -0.05) is 154 Å². The zero-order valence-electron chi connectivity index (χ0n) is 19.5. The summed E-state index contributed by atoms with van der Waals surface area (Å²) in [7, 11) is 0. The van der Waals surface area contributed by atoms with Crippen LogP contribution in [-0.2, 0) is 0 Å². The highest BCUT2D eigenvalue weighted by Crippen LogP contribution is 2.14. The van der Waals surface area contributed by atoms with E-state index >= 15 is 0 Å². The second-order valence-corrected chi connectivity index (χ2v) is 8.83. The molecule has 28 heavy (non-hydrogen) atoms. The van der Waals surface area contributed by atoms with Gasteiger partial charge in [-0.3, -0.25) is 0 Å². The van der Waals surface area contributed by atoms with Crippen LogP contribution in [0.1, 0.15) is 154 Å². The minimum Gasteiger partial charge on any atom is -0.0885 e. The molecule has 0 aliphatic carbocycles. The minimum atomic E-state index is 1.11. The van der Waals surface area contributed by atoms with E-state index in [4.69, 9.17) is 0 Å². The van der Waals surface area contributed by atoms with Crippen LogP contribution in [0.25, 0.3) is 0 Å². The molecular formula is C28H54. The van der Waals surface area contributed by atoms with E-state index in [1.54, 1.807) is 0 Å². The van der Waals surface area contributed by atoms with E-state index in [2.05, 4.69) is 26.0 Å². The fraction of sp³-hybridized carbons (Fsp3) is 0.857. The fourth-order valence-corrected chi connectivity index (χ4v) is 3.94. The Labute approximate surface area is 180 Å². The second kappa shape index (κ2) is 26.7. The van der Waals surface area contributed by atoms with Crippen LogP contribution in [0.3, 0.4) is 0 Å². The van der Waals surface area contributed by atoms with Gasteiger partial charge in [0.2, 0.25) is 0 Å². The zero-order valence-corrected chi connectivity index (χ0v) is 19.5. The molecule has 0 heteroatoms. The Hall–Kier alpha value is -0.260. The van der Waals surface area contributed by atoms with Gasteiger partial charge < -0.3 is 0 Å². The molecule has 0 N–H and O–H groups in total. The van der Waals surface area contributed by atoms with Crippen LogP contribution in [-0.4, -0.2) is 0 Å². The highest BCUT2D eigenvalue weighted by molar-refractivity contribution is 4.81. The maximum Gasteiger partial charge on any atom is -0.0351 e. The Balaban J connectivity index is 3.04. The average molecular weight is 391 g/mol. The number of allylic oxidation sites excluding steroid dienone is 2. The first-order chi connectivity index (χ1) is 13.9. The van der Waals surface area contributed by atoms with Crippen molar-refractivity contribution in [1.29, 1.82) is 0 Å². The van der Waals surface area contributed by atoms with Gasteiger partial charge in [-0.15, -0.1) is 0 Å². The largest absolute Gasteiger partial charge is 0.0885 e. The summed E-state index contributed by atoms with van der Waals surface area (Å²) in [5, 5.41) is 0. The molecule has 2 radical (unpaired) electrons. The molecule has 0 nitrogen and oxygen atoms in total. The number of rotatable bonds is 24. The van der Waals surface area contributed by atoms with Gasteiger partial charge in [-0.2, -0.15) is 0 Å². The molecule has 0 rings (SSSR count). The Bertz CT molecular complexity index is 278. The van der Waals surface area contributed by atoms with E-state index in [1.807, 2.05) is 0 Å². The van der Waals surface area contributed by atoms with Crippen molar-refractivity contribution in [2.45, 2.75) is 154 Å². The van der Waals surface area contributed by atoms with Crippen molar-refractivity contribution in [3.63, 3.8) is 0 Å². The Morgan fingerprint density at radius 2 is 0.500 bits per heavy atom. The molecule has 0 saturated carbocycles. The number of hydrogen-bond donors (Lipinski definition) is 0. The third-order valence-corrected chi connectivity index (χ3v) is 5.91. The average Bonchev–Trinajstić information content (AvgIpc) is 2.71. The Morgan fingerprint density at radius 1 is 0.286 bits per heavy atom. The van der Waals surface area contributed by atoms with Gasteiger partial charge in [-0.25, -0.2) is 0 Å². The maximum absolute atomic E-state index is 3.91. The van der Waals surface area contributed by atoms with Gasteiger partial charge in [0.05, 0.1) is 0 Å². The van der Waals surface area contributed by atoms with E-state index in [0.29, 0.717) is 0 Å². The first-order valence-corrected chi connectivity index (χ1v) is 13.1. The Kier molecular flexibility index (Phi) is 26.5. The molecule has 0 amide bonds. The van der Waals surface area contributed by atoms with Crippen molar-refractivity contribution in [2.24, 2.45) is 0 Å². The van der Waals surface area contributed by atoms with Crippen molar-refractivity contribution in [3.8, 4) is 0 Å². The molecule has 0 spiro atoms. The molecule has 0 atom stereocenters. The highest BCUT2D eigenvalue weighted by Gasteiger charge is 1.94. The predicted molar refractivity (Wildman–Crippen MR) is 131 cm³/mol. The van der Waals surface area contributed by atoms with Crippen molar-refractivity contribution >= 4 is 0 Å². The molecule has 0 bridgehead atoms. The topological polar surface area (TPSA) is 0 Å². The van der Waals surface area contributed by atoms with Crippen molar-refractivity contribution < 1.29 is 0 Å². The quantitative estimate of drug-likeness (QED) is 0.113. The van der Waals surface area contributed by atoms with E-state index in [-0.39, 0.29) is 0 Å². The fourth-order valence-electron chi connectivity index (χ4n) is 3.94. The molecule has 0 aliphatic rings. The molecule has 166 valence electrons. The highest BCUT2D eigenvalue weighted by atomic mass is 14.0. The number of unbranched alkanes of at least 4 members (excludes halogenated alkanes) is 22. The molecule has 0 saturated heterocycles.